The van der Waals surface area contributed by atoms with Gasteiger partial charge in [0, 0.05) is 30.9 Å². The van der Waals surface area contributed by atoms with E-state index in [1.165, 1.54) is 0 Å². The van der Waals surface area contributed by atoms with E-state index < -0.39 is 12.0 Å². The molecule has 1 aliphatic heterocycles. The predicted octanol–water partition coefficient (Wildman–Crippen LogP) is 1.69. The number of carboxylic acid groups (broad SMARTS) is 1. The van der Waals surface area contributed by atoms with Gasteiger partial charge in [-0.15, -0.1) is 0 Å². The lowest BCUT2D eigenvalue weighted by Gasteiger charge is -2.27. The summed E-state index contributed by atoms with van der Waals surface area (Å²) in [6.07, 6.45) is 7.37. The molecule has 1 amide bonds. The number of likely N-dealkylation sites (tertiary alicyclic amines) is 1. The van der Waals surface area contributed by atoms with Gasteiger partial charge in [0.25, 0.3) is 0 Å². The second-order valence-corrected chi connectivity index (χ2v) is 7.20. The van der Waals surface area contributed by atoms with Crippen molar-refractivity contribution < 1.29 is 14.7 Å². The van der Waals surface area contributed by atoms with E-state index in [1.54, 1.807) is 0 Å². The molecular weight excluding hydrogens is 320 g/mol. The molecule has 3 rings (SSSR count). The molecule has 1 aromatic heterocycles. The number of hydrogen-bond donors (Lipinski definition) is 2. The molecule has 25 heavy (non-hydrogen) atoms. The standard InChI is InChI=1S/C18H28N4O3/c1-3-4-9-21-11-13(12(2)20-21)10-19-17(23)15-7-8-16(18(24)25)22(15)14-5-6-14/h11,14-16H,3-10H2,1-2H3,(H,19,23)(H,24,25). The third-order valence-electron chi connectivity index (χ3n) is 5.23. The first kappa shape index (κ1) is 17.9. The van der Waals surface area contributed by atoms with E-state index in [4.69, 9.17) is 0 Å². The van der Waals surface area contributed by atoms with Gasteiger partial charge in [0.05, 0.1) is 11.7 Å². The summed E-state index contributed by atoms with van der Waals surface area (Å²) in [5.41, 5.74) is 1.96. The summed E-state index contributed by atoms with van der Waals surface area (Å²) in [4.78, 5) is 26.0. The molecule has 1 saturated heterocycles. The van der Waals surface area contributed by atoms with Gasteiger partial charge in [-0.2, -0.15) is 5.10 Å². The summed E-state index contributed by atoms with van der Waals surface area (Å²) in [6.45, 7) is 5.44. The first-order valence-electron chi connectivity index (χ1n) is 9.32. The van der Waals surface area contributed by atoms with E-state index in [2.05, 4.69) is 17.3 Å². The molecule has 7 heteroatoms. The summed E-state index contributed by atoms with van der Waals surface area (Å²) in [6, 6.07) is -0.566. The van der Waals surface area contributed by atoms with Gasteiger partial charge >= 0.3 is 5.97 Å². The molecule has 0 spiro atoms. The molecule has 2 unspecified atom stereocenters. The highest BCUT2D eigenvalue weighted by Gasteiger charge is 2.48. The van der Waals surface area contributed by atoms with Crippen LogP contribution in [-0.4, -0.2) is 49.8 Å². The first-order chi connectivity index (χ1) is 12.0. The molecule has 1 aromatic rings. The quantitative estimate of drug-likeness (QED) is 0.746. The lowest BCUT2D eigenvalue weighted by molar-refractivity contribution is -0.143. The third kappa shape index (κ3) is 4.03. The number of carbonyl (C=O) groups is 2. The smallest absolute Gasteiger partial charge is 0.320 e. The van der Waals surface area contributed by atoms with Crippen molar-refractivity contribution in [2.24, 2.45) is 0 Å². The van der Waals surface area contributed by atoms with Gasteiger partial charge in [-0.25, -0.2) is 0 Å². The van der Waals surface area contributed by atoms with Crippen LogP contribution in [0.3, 0.4) is 0 Å². The lowest BCUT2D eigenvalue weighted by Crippen LogP contribution is -2.49. The van der Waals surface area contributed by atoms with E-state index in [-0.39, 0.29) is 18.0 Å². The number of aliphatic carboxylic acids is 1. The predicted molar refractivity (Wildman–Crippen MR) is 93.0 cm³/mol. The molecule has 138 valence electrons. The molecule has 1 saturated carbocycles. The average molecular weight is 348 g/mol. The van der Waals surface area contributed by atoms with Gasteiger partial charge < -0.3 is 10.4 Å². The highest BCUT2D eigenvalue weighted by atomic mass is 16.4. The Balaban J connectivity index is 1.59. The van der Waals surface area contributed by atoms with Crippen LogP contribution in [0.4, 0.5) is 0 Å². The van der Waals surface area contributed by atoms with Crippen molar-refractivity contribution in [3.8, 4) is 0 Å². The number of aryl methyl sites for hydroxylation is 2. The van der Waals surface area contributed by atoms with Crippen LogP contribution < -0.4 is 5.32 Å². The van der Waals surface area contributed by atoms with Crippen LogP contribution in [0, 0.1) is 6.92 Å². The maximum absolute atomic E-state index is 12.6. The Bertz CT molecular complexity index is 638. The zero-order chi connectivity index (χ0) is 18.0. The third-order valence-corrected chi connectivity index (χ3v) is 5.23. The molecule has 0 bridgehead atoms. The molecule has 2 atom stereocenters. The Labute approximate surface area is 148 Å². The van der Waals surface area contributed by atoms with Crippen molar-refractivity contribution in [3.63, 3.8) is 0 Å². The van der Waals surface area contributed by atoms with Gasteiger partial charge in [-0.1, -0.05) is 13.3 Å². The van der Waals surface area contributed by atoms with Crippen molar-refractivity contribution in [2.45, 2.75) is 83.6 Å². The molecule has 2 fully saturated rings. The number of unbranched alkanes of at least 4 members (excludes halogenated alkanes) is 1. The van der Waals surface area contributed by atoms with Gasteiger partial charge in [-0.3, -0.25) is 19.2 Å². The number of carboxylic acids is 1. The number of amides is 1. The van der Waals surface area contributed by atoms with Crippen LogP contribution in [0.25, 0.3) is 0 Å². The largest absolute Gasteiger partial charge is 0.480 e. The summed E-state index contributed by atoms with van der Waals surface area (Å²) >= 11 is 0. The molecule has 7 nitrogen and oxygen atoms in total. The van der Waals surface area contributed by atoms with E-state index >= 15 is 0 Å². The summed E-state index contributed by atoms with van der Waals surface area (Å²) in [5, 5.41) is 16.9. The minimum absolute atomic E-state index is 0.0589. The zero-order valence-electron chi connectivity index (χ0n) is 15.1. The Morgan fingerprint density at radius 1 is 1.28 bits per heavy atom. The number of hydrogen-bond acceptors (Lipinski definition) is 4. The van der Waals surface area contributed by atoms with E-state index in [1.807, 2.05) is 22.7 Å². The molecule has 0 aromatic carbocycles. The fraction of sp³-hybridized carbons (Fsp3) is 0.722. The summed E-state index contributed by atoms with van der Waals surface area (Å²) in [7, 11) is 0. The molecule has 2 N–H and O–H groups in total. The molecule has 1 aliphatic carbocycles. The minimum Gasteiger partial charge on any atom is -0.480 e. The van der Waals surface area contributed by atoms with Crippen molar-refractivity contribution in [3.05, 3.63) is 17.5 Å². The van der Waals surface area contributed by atoms with Gasteiger partial charge in [0.15, 0.2) is 0 Å². The Morgan fingerprint density at radius 3 is 2.64 bits per heavy atom. The van der Waals surface area contributed by atoms with Crippen LogP contribution in [0.1, 0.15) is 56.7 Å². The van der Waals surface area contributed by atoms with Crippen molar-refractivity contribution >= 4 is 11.9 Å². The molecule has 2 aliphatic rings. The topological polar surface area (TPSA) is 87.5 Å². The zero-order valence-corrected chi connectivity index (χ0v) is 15.1. The second-order valence-electron chi connectivity index (χ2n) is 7.20. The van der Waals surface area contributed by atoms with E-state index in [0.29, 0.717) is 19.4 Å². The van der Waals surface area contributed by atoms with E-state index in [0.717, 1.165) is 43.5 Å². The minimum atomic E-state index is -0.810. The Morgan fingerprint density at radius 2 is 2.00 bits per heavy atom. The number of aromatic nitrogens is 2. The molecule has 2 heterocycles. The van der Waals surface area contributed by atoms with Gasteiger partial charge in [-0.05, 0) is 39.0 Å². The van der Waals surface area contributed by atoms with Gasteiger partial charge in [0.2, 0.25) is 5.91 Å². The van der Waals surface area contributed by atoms with Gasteiger partial charge in [0.1, 0.15) is 6.04 Å². The lowest BCUT2D eigenvalue weighted by atomic mass is 10.2. The summed E-state index contributed by atoms with van der Waals surface area (Å²) < 4.78 is 1.94. The van der Waals surface area contributed by atoms with Crippen molar-refractivity contribution in [2.75, 3.05) is 0 Å². The highest BCUT2D eigenvalue weighted by molar-refractivity contribution is 5.84. The van der Waals surface area contributed by atoms with Crippen LogP contribution in [0.5, 0.6) is 0 Å². The number of carbonyl (C=O) groups excluding carboxylic acids is 1. The van der Waals surface area contributed by atoms with E-state index in [9.17, 15) is 14.7 Å². The fourth-order valence-electron chi connectivity index (χ4n) is 3.70. The van der Waals surface area contributed by atoms with Crippen molar-refractivity contribution in [1.29, 1.82) is 0 Å². The average Bonchev–Trinajstić information content (AvgIpc) is 3.21. The first-order valence-corrected chi connectivity index (χ1v) is 9.32. The van der Waals surface area contributed by atoms with Crippen molar-refractivity contribution in [1.82, 2.24) is 20.0 Å². The van der Waals surface area contributed by atoms with Crippen LogP contribution in [0.15, 0.2) is 6.20 Å². The van der Waals surface area contributed by atoms with Crippen LogP contribution in [-0.2, 0) is 22.7 Å². The molecular formula is C18H28N4O3. The van der Waals surface area contributed by atoms with Crippen LogP contribution >= 0.6 is 0 Å². The van der Waals surface area contributed by atoms with Crippen LogP contribution in [0.2, 0.25) is 0 Å². The monoisotopic (exact) mass is 348 g/mol. The fourth-order valence-corrected chi connectivity index (χ4v) is 3.70. The summed E-state index contributed by atoms with van der Waals surface area (Å²) in [5.74, 6) is -0.869. The highest BCUT2D eigenvalue weighted by Crippen LogP contribution is 2.37. The second kappa shape index (κ2) is 7.56. The Kier molecular flexibility index (Phi) is 5.42. The number of rotatable bonds is 8. The Hall–Kier alpha value is -1.89. The number of nitrogens with one attached hydrogen (secondary N) is 1. The maximum atomic E-state index is 12.6. The molecule has 0 radical (unpaired) electrons. The SMILES string of the molecule is CCCCn1cc(CNC(=O)C2CCC(C(=O)O)N2C2CC2)c(C)n1. The normalized spacial score (nSPS) is 23.8. The maximum Gasteiger partial charge on any atom is 0.320 e. The number of nitrogens with zero attached hydrogens (tertiary/aromatic N) is 3.